The van der Waals surface area contributed by atoms with E-state index in [9.17, 15) is 0 Å². The van der Waals surface area contributed by atoms with Crippen molar-refractivity contribution in [2.24, 2.45) is 0 Å². The van der Waals surface area contributed by atoms with Gasteiger partial charge in [0, 0.05) is 18.9 Å². The van der Waals surface area contributed by atoms with Crippen LogP contribution in [0.25, 0.3) is 5.78 Å². The summed E-state index contributed by atoms with van der Waals surface area (Å²) in [4.78, 5) is 11.3. The number of nitrogens with zero attached hydrogens (tertiary/aromatic N) is 4. The monoisotopic (exact) mass is 310 g/mol. The highest BCUT2D eigenvalue weighted by molar-refractivity contribution is 9.10. The first-order valence-electron chi connectivity index (χ1n) is 6.46. The lowest BCUT2D eigenvalue weighted by atomic mass is 10.3. The molecule has 0 saturated heterocycles. The molecule has 0 bridgehead atoms. The topological polar surface area (TPSA) is 33.4 Å². The van der Waals surface area contributed by atoms with Crippen LogP contribution < -0.4 is 0 Å². The molecule has 2 rings (SSSR count). The van der Waals surface area contributed by atoms with Crippen LogP contribution in [0, 0.1) is 0 Å². The molecule has 18 heavy (non-hydrogen) atoms. The van der Waals surface area contributed by atoms with Crippen LogP contribution in [0.3, 0.4) is 0 Å². The lowest BCUT2D eigenvalue weighted by molar-refractivity contribution is 0.263. The molecule has 0 spiro atoms. The summed E-state index contributed by atoms with van der Waals surface area (Å²) in [6.07, 6.45) is 6.09. The Kier molecular flexibility index (Phi) is 4.72. The molecule has 0 aliphatic heterocycles. The standard InChI is InChI=1S/C13H19BrN4/c1-3-7-17(8-4-2)10-11-12(14)18-9-5-6-15-13(18)16-11/h5-6,9H,3-4,7-8,10H2,1-2H3. The summed E-state index contributed by atoms with van der Waals surface area (Å²) < 4.78 is 2.99. The van der Waals surface area contributed by atoms with E-state index in [1.54, 1.807) is 6.20 Å². The Bertz CT molecular complexity index is 503. The van der Waals surface area contributed by atoms with Gasteiger partial charge in [0.1, 0.15) is 4.60 Å². The maximum Gasteiger partial charge on any atom is 0.234 e. The van der Waals surface area contributed by atoms with E-state index in [0.29, 0.717) is 0 Å². The zero-order chi connectivity index (χ0) is 13.0. The van der Waals surface area contributed by atoms with Crippen LogP contribution in [0.4, 0.5) is 0 Å². The molecule has 0 unspecified atom stereocenters. The molecular formula is C13H19BrN4. The number of halogens is 1. The van der Waals surface area contributed by atoms with Gasteiger partial charge < -0.3 is 0 Å². The molecule has 4 nitrogen and oxygen atoms in total. The summed E-state index contributed by atoms with van der Waals surface area (Å²) in [7, 11) is 0. The van der Waals surface area contributed by atoms with Gasteiger partial charge in [0.05, 0.1) is 5.69 Å². The number of fused-ring (bicyclic) bond motifs is 1. The van der Waals surface area contributed by atoms with E-state index < -0.39 is 0 Å². The maximum atomic E-state index is 4.58. The predicted octanol–water partition coefficient (Wildman–Crippen LogP) is 3.11. The molecule has 2 aromatic heterocycles. The zero-order valence-corrected chi connectivity index (χ0v) is 12.5. The second kappa shape index (κ2) is 6.29. The van der Waals surface area contributed by atoms with Crippen molar-refractivity contribution in [1.82, 2.24) is 19.3 Å². The summed E-state index contributed by atoms with van der Waals surface area (Å²) in [5.41, 5.74) is 1.07. The molecule has 0 saturated carbocycles. The molecule has 0 amide bonds. The maximum absolute atomic E-state index is 4.58. The van der Waals surface area contributed by atoms with Gasteiger partial charge in [-0.2, -0.15) is 0 Å². The molecule has 2 heterocycles. The van der Waals surface area contributed by atoms with Crippen molar-refractivity contribution in [2.75, 3.05) is 13.1 Å². The highest BCUT2D eigenvalue weighted by Gasteiger charge is 2.13. The van der Waals surface area contributed by atoms with Crippen LogP contribution in [0.5, 0.6) is 0 Å². The highest BCUT2D eigenvalue weighted by atomic mass is 79.9. The van der Waals surface area contributed by atoms with Crippen molar-refractivity contribution in [3.63, 3.8) is 0 Å². The summed E-state index contributed by atoms with van der Waals surface area (Å²) in [6.45, 7) is 7.53. The normalized spacial score (nSPS) is 11.6. The molecule has 0 atom stereocenters. The van der Waals surface area contributed by atoms with Gasteiger partial charge in [-0.05, 0) is 47.9 Å². The van der Waals surface area contributed by atoms with E-state index >= 15 is 0 Å². The van der Waals surface area contributed by atoms with Gasteiger partial charge in [-0.3, -0.25) is 9.30 Å². The van der Waals surface area contributed by atoms with Crippen LogP contribution in [0.1, 0.15) is 32.4 Å². The molecule has 0 N–H and O–H groups in total. The van der Waals surface area contributed by atoms with Gasteiger partial charge in [0.2, 0.25) is 5.78 Å². The van der Waals surface area contributed by atoms with E-state index in [1.165, 1.54) is 12.8 Å². The van der Waals surface area contributed by atoms with Crippen molar-refractivity contribution in [3.8, 4) is 0 Å². The molecule has 0 aliphatic rings. The number of rotatable bonds is 6. The fourth-order valence-electron chi connectivity index (χ4n) is 2.12. The molecule has 0 radical (unpaired) electrons. The average molecular weight is 311 g/mol. The second-order valence-electron chi connectivity index (χ2n) is 4.42. The van der Waals surface area contributed by atoms with Crippen LogP contribution >= 0.6 is 15.9 Å². The lowest BCUT2D eigenvalue weighted by Crippen LogP contribution is -2.25. The largest absolute Gasteiger partial charge is 0.297 e. The Hall–Kier alpha value is -0.940. The minimum atomic E-state index is 0.757. The fraction of sp³-hybridized carbons (Fsp3) is 0.538. The fourth-order valence-corrected chi connectivity index (χ4v) is 2.61. The number of imidazole rings is 1. The third-order valence-corrected chi connectivity index (χ3v) is 3.70. The summed E-state index contributed by atoms with van der Waals surface area (Å²) in [5, 5.41) is 0. The van der Waals surface area contributed by atoms with Crippen molar-refractivity contribution < 1.29 is 0 Å². The molecule has 0 fully saturated rings. The van der Waals surface area contributed by atoms with E-state index in [1.807, 2.05) is 16.7 Å². The zero-order valence-electron chi connectivity index (χ0n) is 10.9. The summed E-state index contributed by atoms with van der Waals surface area (Å²) >= 11 is 3.62. The van der Waals surface area contributed by atoms with Crippen LogP contribution in [0.2, 0.25) is 0 Å². The van der Waals surface area contributed by atoms with Crippen molar-refractivity contribution in [3.05, 3.63) is 28.8 Å². The smallest absolute Gasteiger partial charge is 0.234 e. The van der Waals surface area contributed by atoms with Gasteiger partial charge in [0.15, 0.2) is 0 Å². The molecule has 2 aromatic rings. The molecular weight excluding hydrogens is 292 g/mol. The molecule has 5 heteroatoms. The van der Waals surface area contributed by atoms with Gasteiger partial charge in [-0.1, -0.05) is 13.8 Å². The SMILES string of the molecule is CCCN(CCC)Cc1nc2ncccn2c1Br. The first-order chi connectivity index (χ1) is 8.76. The first kappa shape index (κ1) is 13.5. The Morgan fingerprint density at radius 3 is 2.61 bits per heavy atom. The Labute approximate surface area is 116 Å². The minimum Gasteiger partial charge on any atom is -0.297 e. The van der Waals surface area contributed by atoms with Gasteiger partial charge in [-0.25, -0.2) is 9.97 Å². The second-order valence-corrected chi connectivity index (χ2v) is 5.17. The van der Waals surface area contributed by atoms with Crippen molar-refractivity contribution in [2.45, 2.75) is 33.2 Å². The van der Waals surface area contributed by atoms with E-state index in [4.69, 9.17) is 0 Å². The van der Waals surface area contributed by atoms with Crippen molar-refractivity contribution in [1.29, 1.82) is 0 Å². The summed E-state index contributed by atoms with van der Waals surface area (Å²) in [6, 6.07) is 1.92. The predicted molar refractivity (Wildman–Crippen MR) is 76.5 cm³/mol. The van der Waals surface area contributed by atoms with Gasteiger partial charge >= 0.3 is 0 Å². The Morgan fingerprint density at radius 1 is 1.28 bits per heavy atom. The van der Waals surface area contributed by atoms with E-state index in [-0.39, 0.29) is 0 Å². The van der Waals surface area contributed by atoms with Crippen LogP contribution in [-0.2, 0) is 6.54 Å². The third-order valence-electron chi connectivity index (χ3n) is 2.86. The van der Waals surface area contributed by atoms with Crippen molar-refractivity contribution >= 4 is 21.7 Å². The Morgan fingerprint density at radius 2 is 2.00 bits per heavy atom. The highest BCUT2D eigenvalue weighted by Crippen LogP contribution is 2.19. The van der Waals surface area contributed by atoms with E-state index in [2.05, 4.69) is 44.6 Å². The van der Waals surface area contributed by atoms with Crippen LogP contribution in [0.15, 0.2) is 23.1 Å². The quantitative estimate of drug-likeness (QED) is 0.822. The lowest BCUT2D eigenvalue weighted by Gasteiger charge is -2.19. The molecule has 0 aromatic carbocycles. The first-order valence-corrected chi connectivity index (χ1v) is 7.25. The van der Waals surface area contributed by atoms with E-state index in [0.717, 1.165) is 35.7 Å². The Balaban J connectivity index is 2.22. The minimum absolute atomic E-state index is 0.757. The summed E-state index contributed by atoms with van der Waals surface area (Å²) in [5.74, 6) is 0.757. The number of hydrogen-bond acceptors (Lipinski definition) is 3. The molecule has 98 valence electrons. The number of aromatic nitrogens is 3. The van der Waals surface area contributed by atoms with Gasteiger partial charge in [-0.15, -0.1) is 0 Å². The third kappa shape index (κ3) is 2.90. The van der Waals surface area contributed by atoms with Gasteiger partial charge in [0.25, 0.3) is 0 Å². The average Bonchev–Trinajstić information content (AvgIpc) is 2.68. The molecule has 0 aliphatic carbocycles. The number of hydrogen-bond donors (Lipinski definition) is 0. The van der Waals surface area contributed by atoms with Crippen LogP contribution in [-0.4, -0.2) is 32.4 Å².